The van der Waals surface area contributed by atoms with Crippen LogP contribution in [-0.2, 0) is 11.3 Å². The van der Waals surface area contributed by atoms with Crippen LogP contribution < -0.4 is 10.1 Å². The van der Waals surface area contributed by atoms with E-state index in [1.165, 1.54) is 12.3 Å². The molecule has 0 spiro atoms. The number of hydrogen-bond donors (Lipinski definition) is 1. The lowest BCUT2D eigenvalue weighted by molar-refractivity contribution is -0.118. The Morgan fingerprint density at radius 1 is 1.18 bits per heavy atom. The SMILES string of the molecule is Cl.O=C(CCl)NCc1cc(Oc2ccc(F)c(F)c2)ccn1. The molecule has 1 amide bonds. The van der Waals surface area contributed by atoms with Crippen molar-refractivity contribution in [3.63, 3.8) is 0 Å². The van der Waals surface area contributed by atoms with E-state index in [0.29, 0.717) is 11.4 Å². The molecule has 0 radical (unpaired) electrons. The summed E-state index contributed by atoms with van der Waals surface area (Å²) in [5.41, 5.74) is 0.550. The molecule has 2 rings (SSSR count). The smallest absolute Gasteiger partial charge is 0.235 e. The summed E-state index contributed by atoms with van der Waals surface area (Å²) in [6.45, 7) is 0.195. The molecule has 22 heavy (non-hydrogen) atoms. The third-order valence-electron chi connectivity index (χ3n) is 2.50. The maximum Gasteiger partial charge on any atom is 0.235 e. The lowest BCUT2D eigenvalue weighted by Crippen LogP contribution is -2.24. The quantitative estimate of drug-likeness (QED) is 0.842. The van der Waals surface area contributed by atoms with Crippen LogP contribution in [0.1, 0.15) is 5.69 Å². The van der Waals surface area contributed by atoms with E-state index in [1.807, 2.05) is 0 Å². The number of ether oxygens (including phenoxy) is 1. The molecule has 0 aliphatic carbocycles. The molecule has 1 N–H and O–H groups in total. The van der Waals surface area contributed by atoms with Gasteiger partial charge in [-0.3, -0.25) is 9.78 Å². The highest BCUT2D eigenvalue weighted by molar-refractivity contribution is 6.27. The van der Waals surface area contributed by atoms with Crippen LogP contribution in [0.4, 0.5) is 8.78 Å². The Kier molecular flexibility index (Phi) is 7.01. The molecule has 1 heterocycles. The Balaban J connectivity index is 0.00000242. The molecule has 1 aromatic heterocycles. The van der Waals surface area contributed by atoms with Crippen molar-refractivity contribution >= 4 is 29.9 Å². The molecule has 0 unspecified atom stereocenters. The van der Waals surface area contributed by atoms with Crippen LogP contribution in [-0.4, -0.2) is 16.8 Å². The summed E-state index contributed by atoms with van der Waals surface area (Å²) in [5.74, 6) is -1.82. The first-order chi connectivity index (χ1) is 10.1. The molecule has 118 valence electrons. The predicted octanol–water partition coefficient (Wildman–Crippen LogP) is 3.43. The zero-order chi connectivity index (χ0) is 15.2. The Labute approximate surface area is 136 Å². The Hall–Kier alpha value is -1.92. The maximum absolute atomic E-state index is 13.1. The van der Waals surface area contributed by atoms with E-state index in [1.54, 1.807) is 12.1 Å². The molecule has 4 nitrogen and oxygen atoms in total. The number of carbonyl (C=O) groups is 1. The van der Waals surface area contributed by atoms with Crippen molar-refractivity contribution in [2.75, 3.05) is 5.88 Å². The molecule has 0 saturated heterocycles. The van der Waals surface area contributed by atoms with Gasteiger partial charge in [0.05, 0.1) is 12.2 Å². The number of alkyl halides is 1. The summed E-state index contributed by atoms with van der Waals surface area (Å²) in [4.78, 5) is 15.1. The molecular weight excluding hydrogens is 337 g/mol. The van der Waals surface area contributed by atoms with Crippen LogP contribution >= 0.6 is 24.0 Å². The molecule has 0 aliphatic heterocycles. The van der Waals surface area contributed by atoms with Gasteiger partial charge in [0.1, 0.15) is 17.4 Å². The molecule has 1 aromatic carbocycles. The van der Waals surface area contributed by atoms with Crippen LogP contribution in [0.5, 0.6) is 11.5 Å². The van der Waals surface area contributed by atoms with Crippen molar-refractivity contribution in [3.8, 4) is 11.5 Å². The van der Waals surface area contributed by atoms with Crippen molar-refractivity contribution in [2.24, 2.45) is 0 Å². The van der Waals surface area contributed by atoms with Gasteiger partial charge in [-0.2, -0.15) is 0 Å². The number of amides is 1. The number of nitrogens with zero attached hydrogens (tertiary/aromatic N) is 1. The van der Waals surface area contributed by atoms with Gasteiger partial charge in [0.25, 0.3) is 0 Å². The normalized spacial score (nSPS) is 9.77. The van der Waals surface area contributed by atoms with Gasteiger partial charge < -0.3 is 10.1 Å². The van der Waals surface area contributed by atoms with Crippen LogP contribution in [0.15, 0.2) is 36.5 Å². The van der Waals surface area contributed by atoms with Gasteiger partial charge >= 0.3 is 0 Å². The first-order valence-corrected chi connectivity index (χ1v) is 6.52. The van der Waals surface area contributed by atoms with Gasteiger partial charge in [-0.25, -0.2) is 8.78 Å². The fourth-order valence-electron chi connectivity index (χ4n) is 1.53. The molecule has 0 aliphatic rings. The fraction of sp³-hybridized carbons (Fsp3) is 0.143. The van der Waals surface area contributed by atoms with E-state index in [4.69, 9.17) is 16.3 Å². The number of hydrogen-bond acceptors (Lipinski definition) is 3. The third kappa shape index (κ3) is 5.13. The monoisotopic (exact) mass is 348 g/mol. The summed E-state index contributed by atoms with van der Waals surface area (Å²) < 4.78 is 31.3. The minimum Gasteiger partial charge on any atom is -0.457 e. The Morgan fingerprint density at radius 2 is 1.91 bits per heavy atom. The molecule has 0 fully saturated rings. The van der Waals surface area contributed by atoms with Crippen molar-refractivity contribution < 1.29 is 18.3 Å². The number of carbonyl (C=O) groups excluding carboxylic acids is 1. The molecule has 8 heteroatoms. The van der Waals surface area contributed by atoms with E-state index in [0.717, 1.165) is 12.1 Å². The number of halogens is 4. The molecule has 2 aromatic rings. The van der Waals surface area contributed by atoms with Gasteiger partial charge in [-0.15, -0.1) is 24.0 Å². The first kappa shape index (κ1) is 18.1. The minimum atomic E-state index is -0.990. The highest BCUT2D eigenvalue weighted by atomic mass is 35.5. The largest absolute Gasteiger partial charge is 0.457 e. The van der Waals surface area contributed by atoms with Gasteiger partial charge in [-0.05, 0) is 18.2 Å². The summed E-state index contributed by atoms with van der Waals surface area (Å²) in [7, 11) is 0. The fourth-order valence-corrected chi connectivity index (χ4v) is 1.62. The summed E-state index contributed by atoms with van der Waals surface area (Å²) >= 11 is 5.36. The minimum absolute atomic E-state index is 0. The standard InChI is InChI=1S/C14H11ClF2N2O2.ClH/c15-7-14(20)19-8-9-5-11(3-4-18-9)21-10-1-2-12(16)13(17)6-10;/h1-6H,7-8H2,(H,19,20);1H. The Morgan fingerprint density at radius 3 is 2.59 bits per heavy atom. The topological polar surface area (TPSA) is 51.2 Å². The van der Waals surface area contributed by atoms with Crippen molar-refractivity contribution in [1.82, 2.24) is 10.3 Å². The van der Waals surface area contributed by atoms with Crippen LogP contribution in [0, 0.1) is 11.6 Å². The van der Waals surface area contributed by atoms with Gasteiger partial charge in [0, 0.05) is 18.3 Å². The van der Waals surface area contributed by atoms with E-state index < -0.39 is 11.6 Å². The zero-order valence-corrected chi connectivity index (χ0v) is 12.8. The van der Waals surface area contributed by atoms with E-state index in [9.17, 15) is 13.6 Å². The van der Waals surface area contributed by atoms with Crippen molar-refractivity contribution in [3.05, 3.63) is 53.9 Å². The number of pyridine rings is 1. The summed E-state index contributed by atoms with van der Waals surface area (Å²) in [6, 6.07) is 6.38. The number of aromatic nitrogens is 1. The lowest BCUT2D eigenvalue weighted by Gasteiger charge is -2.08. The van der Waals surface area contributed by atoms with Gasteiger partial charge in [0.15, 0.2) is 11.6 Å². The van der Waals surface area contributed by atoms with Crippen LogP contribution in [0.3, 0.4) is 0 Å². The Bertz CT molecular complexity index is 656. The number of benzene rings is 1. The van der Waals surface area contributed by atoms with Crippen molar-refractivity contribution in [1.29, 1.82) is 0 Å². The molecular formula is C14H12Cl2F2N2O2. The average molecular weight is 349 g/mol. The lowest BCUT2D eigenvalue weighted by atomic mass is 10.3. The second-order valence-electron chi connectivity index (χ2n) is 4.07. The van der Waals surface area contributed by atoms with Gasteiger partial charge in [-0.1, -0.05) is 0 Å². The molecule has 0 bridgehead atoms. The highest BCUT2D eigenvalue weighted by Gasteiger charge is 2.06. The maximum atomic E-state index is 13.1. The second-order valence-corrected chi connectivity index (χ2v) is 4.34. The van der Waals surface area contributed by atoms with Crippen molar-refractivity contribution in [2.45, 2.75) is 6.54 Å². The third-order valence-corrected chi connectivity index (χ3v) is 2.75. The number of nitrogens with one attached hydrogen (secondary N) is 1. The first-order valence-electron chi connectivity index (χ1n) is 5.99. The number of rotatable bonds is 5. The second kappa shape index (κ2) is 8.51. The van der Waals surface area contributed by atoms with E-state index in [-0.39, 0.29) is 36.5 Å². The summed E-state index contributed by atoms with van der Waals surface area (Å²) in [5, 5.41) is 2.56. The predicted molar refractivity (Wildman–Crippen MR) is 80.5 cm³/mol. The molecule has 0 saturated carbocycles. The van der Waals surface area contributed by atoms with Crippen LogP contribution in [0.25, 0.3) is 0 Å². The van der Waals surface area contributed by atoms with Crippen LogP contribution in [0.2, 0.25) is 0 Å². The highest BCUT2D eigenvalue weighted by Crippen LogP contribution is 2.23. The van der Waals surface area contributed by atoms with Gasteiger partial charge in [0.2, 0.25) is 5.91 Å². The van der Waals surface area contributed by atoms with E-state index in [2.05, 4.69) is 10.3 Å². The van der Waals surface area contributed by atoms with E-state index >= 15 is 0 Å². The molecule has 0 atom stereocenters. The summed E-state index contributed by atoms with van der Waals surface area (Å²) in [6.07, 6.45) is 1.48. The zero-order valence-electron chi connectivity index (χ0n) is 11.2. The average Bonchev–Trinajstić information content (AvgIpc) is 2.49.